The van der Waals surface area contributed by atoms with Crippen molar-refractivity contribution >= 4 is 0 Å². The molecule has 0 aromatic heterocycles. The average Bonchev–Trinajstić information content (AvgIpc) is 2.44. The van der Waals surface area contributed by atoms with Gasteiger partial charge in [-0.25, -0.2) is 0 Å². The Balaban J connectivity index is 1.77. The van der Waals surface area contributed by atoms with E-state index in [1.165, 1.54) is 24.8 Å². The standard InChI is InChI=1S/C17H26N2O/c1-14-12-19(13-17(20-2)9-6-10-17)16(11-18-14)15-7-4-3-5-8-15/h3-5,7-8,14,16,18H,6,9-13H2,1-2H3. The van der Waals surface area contributed by atoms with Crippen LogP contribution in [0.1, 0.15) is 37.8 Å². The summed E-state index contributed by atoms with van der Waals surface area (Å²) >= 11 is 0. The Kier molecular flexibility index (Phi) is 4.11. The highest BCUT2D eigenvalue weighted by molar-refractivity contribution is 5.20. The molecule has 1 aliphatic carbocycles. The molecule has 2 fully saturated rings. The molecule has 2 aliphatic rings. The molecule has 2 atom stereocenters. The lowest BCUT2D eigenvalue weighted by atomic mass is 9.79. The lowest BCUT2D eigenvalue weighted by molar-refractivity contribution is -0.102. The maximum atomic E-state index is 5.83. The van der Waals surface area contributed by atoms with Gasteiger partial charge in [0.15, 0.2) is 0 Å². The van der Waals surface area contributed by atoms with E-state index in [-0.39, 0.29) is 5.60 Å². The number of nitrogens with zero attached hydrogens (tertiary/aromatic N) is 1. The third-order valence-electron chi connectivity index (χ3n) is 4.98. The Morgan fingerprint density at radius 1 is 1.30 bits per heavy atom. The molecule has 2 unspecified atom stereocenters. The minimum atomic E-state index is 0.115. The topological polar surface area (TPSA) is 24.5 Å². The molecule has 1 saturated heterocycles. The summed E-state index contributed by atoms with van der Waals surface area (Å²) in [6.07, 6.45) is 3.73. The van der Waals surface area contributed by atoms with E-state index < -0.39 is 0 Å². The third-order valence-corrected chi connectivity index (χ3v) is 4.98. The van der Waals surface area contributed by atoms with Gasteiger partial charge >= 0.3 is 0 Å². The van der Waals surface area contributed by atoms with E-state index in [1.807, 2.05) is 7.11 Å². The van der Waals surface area contributed by atoms with Crippen molar-refractivity contribution in [2.45, 2.75) is 43.9 Å². The highest BCUT2D eigenvalue weighted by atomic mass is 16.5. The zero-order valence-corrected chi connectivity index (χ0v) is 12.6. The smallest absolute Gasteiger partial charge is 0.0805 e. The molecular weight excluding hydrogens is 248 g/mol. The molecule has 0 bridgehead atoms. The lowest BCUT2D eigenvalue weighted by Crippen LogP contribution is -2.57. The number of piperazine rings is 1. The second-order valence-electron chi connectivity index (χ2n) is 6.41. The predicted molar refractivity (Wildman–Crippen MR) is 81.8 cm³/mol. The minimum absolute atomic E-state index is 0.115. The quantitative estimate of drug-likeness (QED) is 0.913. The van der Waals surface area contributed by atoms with Crippen LogP contribution in [0.2, 0.25) is 0 Å². The third kappa shape index (κ3) is 2.76. The zero-order chi connectivity index (χ0) is 14.0. The molecule has 3 rings (SSSR count). The maximum absolute atomic E-state index is 5.83. The van der Waals surface area contributed by atoms with Crippen molar-refractivity contribution in [3.63, 3.8) is 0 Å². The van der Waals surface area contributed by atoms with Gasteiger partial charge in [-0.05, 0) is 31.7 Å². The van der Waals surface area contributed by atoms with Crippen molar-refractivity contribution in [2.75, 3.05) is 26.7 Å². The Morgan fingerprint density at radius 2 is 2.05 bits per heavy atom. The van der Waals surface area contributed by atoms with Crippen molar-refractivity contribution in [1.29, 1.82) is 0 Å². The van der Waals surface area contributed by atoms with Crippen molar-refractivity contribution < 1.29 is 4.74 Å². The number of rotatable bonds is 4. The Morgan fingerprint density at radius 3 is 2.65 bits per heavy atom. The fourth-order valence-corrected chi connectivity index (χ4v) is 3.53. The predicted octanol–water partition coefficient (Wildman–Crippen LogP) is 2.59. The van der Waals surface area contributed by atoms with E-state index in [2.05, 4.69) is 47.5 Å². The van der Waals surface area contributed by atoms with Gasteiger partial charge < -0.3 is 10.1 Å². The fraction of sp³-hybridized carbons (Fsp3) is 0.647. The number of hydrogen-bond acceptors (Lipinski definition) is 3. The molecule has 1 N–H and O–H groups in total. The van der Waals surface area contributed by atoms with Crippen LogP contribution in [0.4, 0.5) is 0 Å². The summed E-state index contributed by atoms with van der Waals surface area (Å²) in [5.41, 5.74) is 1.53. The largest absolute Gasteiger partial charge is 0.377 e. The lowest BCUT2D eigenvalue weighted by Gasteiger charge is -2.48. The van der Waals surface area contributed by atoms with Gasteiger partial charge in [0.1, 0.15) is 0 Å². The molecule has 3 nitrogen and oxygen atoms in total. The van der Waals surface area contributed by atoms with Crippen LogP contribution in [0.3, 0.4) is 0 Å². The number of ether oxygens (including phenoxy) is 1. The maximum Gasteiger partial charge on any atom is 0.0805 e. The van der Waals surface area contributed by atoms with E-state index in [0.29, 0.717) is 12.1 Å². The van der Waals surface area contributed by atoms with E-state index in [0.717, 1.165) is 19.6 Å². The van der Waals surface area contributed by atoms with Gasteiger partial charge in [0.25, 0.3) is 0 Å². The molecule has 1 saturated carbocycles. The molecule has 0 spiro atoms. The molecule has 20 heavy (non-hydrogen) atoms. The number of methoxy groups -OCH3 is 1. The summed E-state index contributed by atoms with van der Waals surface area (Å²) in [5, 5.41) is 3.62. The van der Waals surface area contributed by atoms with E-state index in [4.69, 9.17) is 4.74 Å². The zero-order valence-electron chi connectivity index (χ0n) is 12.6. The molecule has 110 valence electrons. The molecule has 1 aliphatic heterocycles. The fourth-order valence-electron chi connectivity index (χ4n) is 3.53. The first-order chi connectivity index (χ1) is 9.72. The van der Waals surface area contributed by atoms with Gasteiger partial charge in [0.05, 0.1) is 5.60 Å². The average molecular weight is 274 g/mol. The van der Waals surface area contributed by atoms with Crippen LogP contribution < -0.4 is 5.32 Å². The van der Waals surface area contributed by atoms with Gasteiger partial charge in [-0.1, -0.05) is 30.3 Å². The minimum Gasteiger partial charge on any atom is -0.377 e. The van der Waals surface area contributed by atoms with Gasteiger partial charge in [-0.3, -0.25) is 4.90 Å². The first-order valence-corrected chi connectivity index (χ1v) is 7.80. The normalized spacial score (nSPS) is 29.9. The van der Waals surface area contributed by atoms with E-state index in [1.54, 1.807) is 0 Å². The van der Waals surface area contributed by atoms with Crippen LogP contribution >= 0.6 is 0 Å². The first-order valence-electron chi connectivity index (χ1n) is 7.80. The van der Waals surface area contributed by atoms with Crippen molar-refractivity contribution in [2.24, 2.45) is 0 Å². The molecular formula is C17H26N2O. The summed E-state index contributed by atoms with van der Waals surface area (Å²) in [6, 6.07) is 11.9. The summed E-state index contributed by atoms with van der Waals surface area (Å²) in [5.74, 6) is 0. The van der Waals surface area contributed by atoms with Crippen molar-refractivity contribution in [3.05, 3.63) is 35.9 Å². The number of hydrogen-bond donors (Lipinski definition) is 1. The molecule has 1 aromatic rings. The van der Waals surface area contributed by atoms with Gasteiger partial charge in [-0.2, -0.15) is 0 Å². The first kappa shape index (κ1) is 14.1. The van der Waals surface area contributed by atoms with E-state index in [9.17, 15) is 0 Å². The van der Waals surface area contributed by atoms with Crippen molar-refractivity contribution in [1.82, 2.24) is 10.2 Å². The van der Waals surface area contributed by atoms with Gasteiger partial charge in [0, 0.05) is 38.8 Å². The summed E-state index contributed by atoms with van der Waals surface area (Å²) in [6.45, 7) is 5.47. The van der Waals surface area contributed by atoms with Crippen LogP contribution in [-0.4, -0.2) is 43.3 Å². The SMILES string of the molecule is COC1(CN2CC(C)NCC2c2ccccc2)CCC1. The molecule has 0 amide bonds. The van der Waals surface area contributed by atoms with Crippen LogP contribution in [0.5, 0.6) is 0 Å². The Hall–Kier alpha value is -0.900. The van der Waals surface area contributed by atoms with Crippen LogP contribution in [-0.2, 0) is 4.74 Å². The van der Waals surface area contributed by atoms with Crippen LogP contribution in [0.25, 0.3) is 0 Å². The molecule has 3 heteroatoms. The highest BCUT2D eigenvalue weighted by Gasteiger charge is 2.41. The Labute approximate surface area is 122 Å². The summed E-state index contributed by atoms with van der Waals surface area (Å²) in [4.78, 5) is 2.62. The van der Waals surface area contributed by atoms with Crippen LogP contribution in [0, 0.1) is 0 Å². The highest BCUT2D eigenvalue weighted by Crippen LogP contribution is 2.38. The molecule has 1 aromatic carbocycles. The monoisotopic (exact) mass is 274 g/mol. The van der Waals surface area contributed by atoms with Crippen molar-refractivity contribution in [3.8, 4) is 0 Å². The molecule has 0 radical (unpaired) electrons. The van der Waals surface area contributed by atoms with E-state index >= 15 is 0 Å². The number of benzene rings is 1. The second-order valence-corrected chi connectivity index (χ2v) is 6.41. The number of nitrogens with one attached hydrogen (secondary N) is 1. The summed E-state index contributed by atoms with van der Waals surface area (Å²) in [7, 11) is 1.88. The van der Waals surface area contributed by atoms with Gasteiger partial charge in [-0.15, -0.1) is 0 Å². The second kappa shape index (κ2) is 5.84. The summed E-state index contributed by atoms with van der Waals surface area (Å²) < 4.78 is 5.83. The van der Waals surface area contributed by atoms with Crippen LogP contribution in [0.15, 0.2) is 30.3 Å². The Bertz CT molecular complexity index is 424. The molecule has 1 heterocycles. The van der Waals surface area contributed by atoms with Gasteiger partial charge in [0.2, 0.25) is 0 Å².